The van der Waals surface area contributed by atoms with E-state index in [2.05, 4.69) is 20.1 Å². The molecule has 2 heterocycles. The minimum absolute atomic E-state index is 0.0264. The van der Waals surface area contributed by atoms with E-state index in [0.717, 1.165) is 28.3 Å². The normalized spacial score (nSPS) is 12.2. The van der Waals surface area contributed by atoms with Crippen LogP contribution in [0.5, 0.6) is 11.6 Å². The van der Waals surface area contributed by atoms with Crippen LogP contribution in [0.25, 0.3) is 16.6 Å². The zero-order valence-corrected chi connectivity index (χ0v) is 26.3. The third-order valence-electron chi connectivity index (χ3n) is 7.13. The number of carbonyl (C=O) groups is 1. The number of anilines is 1. The van der Waals surface area contributed by atoms with Crippen molar-refractivity contribution in [1.29, 1.82) is 0 Å². The van der Waals surface area contributed by atoms with Gasteiger partial charge in [0.15, 0.2) is 5.82 Å². The summed E-state index contributed by atoms with van der Waals surface area (Å²) in [6, 6.07) is 11.7. The summed E-state index contributed by atoms with van der Waals surface area (Å²) < 4.78 is 64.1. The highest BCUT2D eigenvalue weighted by Crippen LogP contribution is 2.35. The molecule has 0 radical (unpaired) electrons. The Hall–Kier alpha value is -5.22. The van der Waals surface area contributed by atoms with Crippen LogP contribution in [0, 0.1) is 11.6 Å². The first-order valence-electron chi connectivity index (χ1n) is 13.8. The number of nitrogens with one attached hydrogen (secondary N) is 2. The van der Waals surface area contributed by atoms with E-state index < -0.39 is 45.2 Å². The van der Waals surface area contributed by atoms with Crippen LogP contribution in [0.4, 0.5) is 19.4 Å². The van der Waals surface area contributed by atoms with Crippen LogP contribution in [0.15, 0.2) is 65.5 Å². The second-order valence-electron chi connectivity index (χ2n) is 10.4. The summed E-state index contributed by atoms with van der Waals surface area (Å²) in [5, 5.41) is 26.5. The molecule has 5 rings (SSSR count). The van der Waals surface area contributed by atoms with Gasteiger partial charge in [0, 0.05) is 19.5 Å². The summed E-state index contributed by atoms with van der Waals surface area (Å²) in [4.78, 5) is 29.3. The van der Waals surface area contributed by atoms with Crippen molar-refractivity contribution < 1.29 is 36.9 Å². The predicted octanol–water partition coefficient (Wildman–Crippen LogP) is 4.30. The third-order valence-corrected chi connectivity index (χ3v) is 8.69. The fourth-order valence-corrected chi connectivity index (χ4v) is 6.42. The number of sulfonamides is 1. The number of ether oxygens (including phenoxy) is 1. The zero-order valence-electron chi connectivity index (χ0n) is 24.7. The highest BCUT2D eigenvalue weighted by atomic mass is 35.5. The molecule has 1 amide bonds. The van der Waals surface area contributed by atoms with E-state index in [1.165, 1.54) is 31.0 Å². The Morgan fingerprint density at radius 2 is 1.74 bits per heavy atom. The first kappa shape index (κ1) is 33.2. The van der Waals surface area contributed by atoms with Crippen LogP contribution in [0.1, 0.15) is 23.0 Å². The highest BCUT2D eigenvalue weighted by molar-refractivity contribution is 7.92. The predicted molar refractivity (Wildman–Crippen MR) is 169 cm³/mol. The zero-order chi connectivity index (χ0) is 34.0. The lowest BCUT2D eigenvalue weighted by molar-refractivity contribution is 0.189. The Labute approximate surface area is 271 Å². The van der Waals surface area contributed by atoms with Gasteiger partial charge < -0.3 is 20.3 Å². The monoisotopic (exact) mass is 688 g/mol. The minimum Gasteiger partial charge on any atom is -0.497 e. The summed E-state index contributed by atoms with van der Waals surface area (Å²) in [5.41, 5.74) is 0.102. The van der Waals surface area contributed by atoms with Crippen LogP contribution in [0.3, 0.4) is 0 Å². The number of hydrogen-bond acceptors (Lipinski definition) is 8. The standard InChI is InChI=1S/C30H27ClF2N6O7S/c1-38-27-23(8-7-21(31)26(27)28(36-38)37-47(44,45)10-9-16-3-5-20(46-2)6-4-16)39-25(41)15-24(40)35-29(39)22(34-30(42)43)13-17-11-18(32)14-19(33)12-17/h3-8,11-12,14-15,22,34,40H,9-10,13H2,1-2H3,(H,36,37)(H,42,43). The van der Waals surface area contributed by atoms with E-state index in [4.69, 9.17) is 16.3 Å². The van der Waals surface area contributed by atoms with Crippen molar-refractivity contribution in [3.8, 4) is 17.3 Å². The fourth-order valence-electron chi connectivity index (χ4n) is 5.14. The largest absolute Gasteiger partial charge is 0.497 e. The Bertz CT molecular complexity index is 2140. The summed E-state index contributed by atoms with van der Waals surface area (Å²) in [5.74, 6) is -2.73. The maximum Gasteiger partial charge on any atom is 0.405 e. The molecule has 0 saturated carbocycles. The Morgan fingerprint density at radius 3 is 2.38 bits per heavy atom. The van der Waals surface area contributed by atoms with Crippen molar-refractivity contribution in [2.24, 2.45) is 7.05 Å². The number of fused-ring (bicyclic) bond motifs is 1. The van der Waals surface area contributed by atoms with Crippen LogP contribution in [0.2, 0.25) is 5.02 Å². The van der Waals surface area contributed by atoms with E-state index in [1.54, 1.807) is 24.3 Å². The number of nitrogens with zero attached hydrogens (tertiary/aromatic N) is 4. The van der Waals surface area contributed by atoms with Crippen molar-refractivity contribution in [3.05, 3.63) is 105 Å². The molecule has 0 fully saturated rings. The summed E-state index contributed by atoms with van der Waals surface area (Å²) in [6.07, 6.45) is -1.75. The average molecular weight is 689 g/mol. The van der Waals surface area contributed by atoms with E-state index >= 15 is 0 Å². The lowest BCUT2D eigenvalue weighted by Crippen LogP contribution is -2.34. The number of rotatable bonds is 11. The van der Waals surface area contributed by atoms with Crippen LogP contribution in [-0.4, -0.2) is 56.9 Å². The van der Waals surface area contributed by atoms with Crippen molar-refractivity contribution in [1.82, 2.24) is 24.6 Å². The summed E-state index contributed by atoms with van der Waals surface area (Å²) in [7, 11) is -0.986. The smallest absolute Gasteiger partial charge is 0.405 e. The number of aromatic nitrogens is 4. The number of halogens is 3. The lowest BCUT2D eigenvalue weighted by atomic mass is 10.0. The molecule has 246 valence electrons. The Balaban J connectivity index is 1.58. The van der Waals surface area contributed by atoms with Gasteiger partial charge in [-0.15, -0.1) is 0 Å². The molecule has 5 aromatic rings. The van der Waals surface area contributed by atoms with Crippen molar-refractivity contribution >= 4 is 44.4 Å². The van der Waals surface area contributed by atoms with Crippen molar-refractivity contribution in [2.75, 3.05) is 17.6 Å². The topological polar surface area (TPSA) is 178 Å². The van der Waals surface area contributed by atoms with E-state index in [-0.39, 0.29) is 57.4 Å². The molecule has 2 aromatic heterocycles. The van der Waals surface area contributed by atoms with E-state index in [0.29, 0.717) is 11.8 Å². The minimum atomic E-state index is -3.98. The number of aromatic hydroxyl groups is 1. The van der Waals surface area contributed by atoms with E-state index in [9.17, 15) is 37.0 Å². The first-order chi connectivity index (χ1) is 22.2. The summed E-state index contributed by atoms with van der Waals surface area (Å²) >= 11 is 6.53. The van der Waals surface area contributed by atoms with Gasteiger partial charge in [0.2, 0.25) is 15.9 Å². The molecule has 1 atom stereocenters. The van der Waals surface area contributed by atoms with Crippen molar-refractivity contribution in [3.63, 3.8) is 0 Å². The molecule has 0 aliphatic carbocycles. The molecule has 0 bridgehead atoms. The maximum absolute atomic E-state index is 14.0. The molecule has 47 heavy (non-hydrogen) atoms. The van der Waals surface area contributed by atoms with Gasteiger partial charge in [0.05, 0.1) is 46.6 Å². The van der Waals surface area contributed by atoms with Crippen molar-refractivity contribution in [2.45, 2.75) is 18.9 Å². The molecule has 1 unspecified atom stereocenters. The molecule has 0 aliphatic rings. The molecule has 13 nitrogen and oxygen atoms in total. The number of benzene rings is 3. The molecule has 0 spiro atoms. The van der Waals surface area contributed by atoms with Crippen LogP contribution < -0.4 is 20.3 Å². The molecule has 0 saturated heterocycles. The van der Waals surface area contributed by atoms with Crippen LogP contribution >= 0.6 is 11.6 Å². The maximum atomic E-state index is 14.0. The third kappa shape index (κ3) is 7.44. The number of hydrogen-bond donors (Lipinski definition) is 4. The molecule has 4 N–H and O–H groups in total. The highest BCUT2D eigenvalue weighted by Gasteiger charge is 2.27. The molecule has 17 heteroatoms. The van der Waals surface area contributed by atoms with Gasteiger partial charge in [-0.05, 0) is 53.9 Å². The molecular formula is C30H27ClF2N6O7S. The second-order valence-corrected chi connectivity index (χ2v) is 12.7. The second kappa shape index (κ2) is 13.3. The summed E-state index contributed by atoms with van der Waals surface area (Å²) in [6.45, 7) is 0. The number of aryl methyl sites for hydroxylation is 2. The van der Waals surface area contributed by atoms with Gasteiger partial charge in [-0.2, -0.15) is 10.1 Å². The SMILES string of the molecule is COc1ccc(CCS(=O)(=O)Nc2nn(C)c3c(-n4c(C(Cc5cc(F)cc(F)c5)NC(=O)O)nc(O)cc4=O)ccc(Cl)c23)cc1. The van der Waals surface area contributed by atoms with Gasteiger partial charge in [0.25, 0.3) is 5.56 Å². The average Bonchev–Trinajstić information content (AvgIpc) is 3.31. The van der Waals surface area contributed by atoms with Gasteiger partial charge in [-0.1, -0.05) is 23.7 Å². The lowest BCUT2D eigenvalue weighted by Gasteiger charge is -2.22. The van der Waals surface area contributed by atoms with Gasteiger partial charge in [-0.3, -0.25) is 18.8 Å². The van der Waals surface area contributed by atoms with Crippen LogP contribution in [-0.2, 0) is 29.9 Å². The number of methoxy groups -OCH3 is 1. The quantitative estimate of drug-likeness (QED) is 0.158. The first-order valence-corrected chi connectivity index (χ1v) is 15.8. The van der Waals surface area contributed by atoms with Gasteiger partial charge >= 0.3 is 6.09 Å². The number of amides is 1. The number of carboxylic acid groups (broad SMARTS) is 1. The molecular weight excluding hydrogens is 662 g/mol. The van der Waals surface area contributed by atoms with Gasteiger partial charge in [0.1, 0.15) is 23.2 Å². The molecule has 3 aromatic carbocycles. The Morgan fingerprint density at radius 1 is 1.06 bits per heavy atom. The van der Waals surface area contributed by atoms with Gasteiger partial charge in [-0.25, -0.2) is 22.0 Å². The van der Waals surface area contributed by atoms with E-state index in [1.807, 2.05) is 0 Å². The fraction of sp³-hybridized carbons (Fsp3) is 0.200. The molecule has 0 aliphatic heterocycles. The Kier molecular flexibility index (Phi) is 9.35.